The summed E-state index contributed by atoms with van der Waals surface area (Å²) >= 11 is 6.04. The number of alkyl halides is 3. The average Bonchev–Trinajstić information content (AvgIpc) is 3.17. The van der Waals surface area contributed by atoms with E-state index < -0.39 is 17.8 Å². The molecule has 0 aliphatic carbocycles. The van der Waals surface area contributed by atoms with Gasteiger partial charge in [-0.3, -0.25) is 4.79 Å². The molecule has 4 N–H and O–H groups in total. The summed E-state index contributed by atoms with van der Waals surface area (Å²) in [5, 5.41) is 2.98. The number of nitrogens with two attached hydrogens (primary N) is 1. The van der Waals surface area contributed by atoms with Gasteiger partial charge in [0.15, 0.2) is 5.82 Å². The first-order valence-corrected chi connectivity index (χ1v) is 10.2. The van der Waals surface area contributed by atoms with Crippen LogP contribution in [0.25, 0.3) is 11.0 Å². The van der Waals surface area contributed by atoms with Crippen LogP contribution in [0.1, 0.15) is 34.6 Å². The van der Waals surface area contributed by atoms with Crippen LogP contribution in [0.3, 0.4) is 0 Å². The zero-order chi connectivity index (χ0) is 23.0. The molecule has 0 unspecified atom stereocenters. The molecule has 1 aromatic carbocycles. The van der Waals surface area contributed by atoms with Crippen molar-refractivity contribution < 1.29 is 22.7 Å². The molecule has 170 valence electrons. The van der Waals surface area contributed by atoms with Crippen LogP contribution >= 0.6 is 11.6 Å². The summed E-state index contributed by atoms with van der Waals surface area (Å²) in [6.45, 7) is 3.53. The summed E-state index contributed by atoms with van der Waals surface area (Å²) in [4.78, 5) is 25.8. The molecular formula is C20H20ClF3N6O2. The lowest BCUT2D eigenvalue weighted by Gasteiger charge is -2.26. The number of hydrogen-bond acceptors (Lipinski definition) is 6. The number of rotatable bonds is 4. The Balaban J connectivity index is 1.65. The molecule has 32 heavy (non-hydrogen) atoms. The summed E-state index contributed by atoms with van der Waals surface area (Å²) in [6, 6.07) is 4.32. The van der Waals surface area contributed by atoms with Gasteiger partial charge in [-0.1, -0.05) is 0 Å². The molecular weight excluding hydrogens is 449 g/mol. The van der Waals surface area contributed by atoms with Crippen LogP contribution < -0.4 is 11.1 Å². The highest BCUT2D eigenvalue weighted by atomic mass is 35.5. The number of ether oxygens (including phenoxy) is 1. The first kappa shape index (κ1) is 22.2. The maximum absolute atomic E-state index is 13.2. The number of benzene rings is 1. The lowest BCUT2D eigenvalue weighted by Crippen LogP contribution is -2.40. The molecule has 0 spiro atoms. The summed E-state index contributed by atoms with van der Waals surface area (Å²) in [5.74, 6) is 0.0385. The predicted molar refractivity (Wildman–Crippen MR) is 114 cm³/mol. The highest BCUT2D eigenvalue weighted by Gasteiger charge is 2.31. The lowest BCUT2D eigenvalue weighted by molar-refractivity contribution is -0.137. The zero-order valence-corrected chi connectivity index (χ0v) is 17.7. The van der Waals surface area contributed by atoms with E-state index in [4.69, 9.17) is 22.1 Å². The van der Waals surface area contributed by atoms with Gasteiger partial charge in [-0.2, -0.15) is 18.2 Å². The highest BCUT2D eigenvalue weighted by Crippen LogP contribution is 2.34. The van der Waals surface area contributed by atoms with Crippen molar-refractivity contribution in [3.05, 3.63) is 46.4 Å². The first-order valence-electron chi connectivity index (χ1n) is 9.79. The van der Waals surface area contributed by atoms with Gasteiger partial charge >= 0.3 is 6.18 Å². The molecule has 1 fully saturated rings. The van der Waals surface area contributed by atoms with E-state index in [1.807, 2.05) is 0 Å². The topological polar surface area (TPSA) is 109 Å². The molecule has 0 bridgehead atoms. The van der Waals surface area contributed by atoms with Crippen LogP contribution in [0, 0.1) is 0 Å². The van der Waals surface area contributed by atoms with Gasteiger partial charge in [0.2, 0.25) is 5.28 Å². The number of aromatic amines is 1. The van der Waals surface area contributed by atoms with E-state index in [1.165, 1.54) is 6.07 Å². The Morgan fingerprint density at radius 2 is 1.97 bits per heavy atom. The number of halogens is 4. The highest BCUT2D eigenvalue weighted by molar-refractivity contribution is 6.28. The molecule has 4 rings (SSSR count). The quantitative estimate of drug-likeness (QED) is 0.396. The number of nitrogens with one attached hydrogen (secondary N) is 2. The number of carbonyl (C=O) groups excluding carboxylic acids is 1. The van der Waals surface area contributed by atoms with E-state index in [2.05, 4.69) is 20.3 Å². The molecule has 3 aromatic rings. The van der Waals surface area contributed by atoms with Crippen molar-refractivity contribution in [2.75, 3.05) is 37.4 Å². The second-order valence-electron chi connectivity index (χ2n) is 7.44. The minimum absolute atomic E-state index is 0.00684. The SMILES string of the molecule is C[C@@H](Nc1nc(Cl)nc2cc(C(=O)N3CCOCC3)[nH]c12)c1cc(N)cc(C(F)(F)F)c1. The van der Waals surface area contributed by atoms with E-state index in [9.17, 15) is 18.0 Å². The number of anilines is 2. The van der Waals surface area contributed by atoms with Crippen molar-refractivity contribution in [2.24, 2.45) is 0 Å². The van der Waals surface area contributed by atoms with Gasteiger partial charge in [-0.25, -0.2) is 4.98 Å². The van der Waals surface area contributed by atoms with Crippen LogP contribution in [0.2, 0.25) is 5.28 Å². The smallest absolute Gasteiger partial charge is 0.399 e. The van der Waals surface area contributed by atoms with Crippen LogP contribution in [0.4, 0.5) is 24.7 Å². The molecule has 12 heteroatoms. The number of hydrogen-bond donors (Lipinski definition) is 3. The van der Waals surface area contributed by atoms with Gasteiger partial charge in [-0.15, -0.1) is 0 Å². The first-order chi connectivity index (χ1) is 15.1. The third-order valence-electron chi connectivity index (χ3n) is 5.14. The summed E-state index contributed by atoms with van der Waals surface area (Å²) in [5.41, 5.74) is 6.27. The van der Waals surface area contributed by atoms with Gasteiger partial charge in [0.25, 0.3) is 5.91 Å². The second kappa shape index (κ2) is 8.47. The molecule has 8 nitrogen and oxygen atoms in total. The molecule has 1 atom stereocenters. The molecule has 1 saturated heterocycles. The Hall–Kier alpha value is -3.05. The number of aromatic nitrogens is 3. The van der Waals surface area contributed by atoms with Crippen LogP contribution in [0.5, 0.6) is 0 Å². The fourth-order valence-electron chi connectivity index (χ4n) is 3.52. The van der Waals surface area contributed by atoms with Crippen molar-refractivity contribution in [1.82, 2.24) is 19.9 Å². The molecule has 0 saturated carbocycles. The van der Waals surface area contributed by atoms with Crippen molar-refractivity contribution in [3.8, 4) is 0 Å². The van der Waals surface area contributed by atoms with E-state index in [0.717, 1.165) is 12.1 Å². The van der Waals surface area contributed by atoms with Crippen molar-refractivity contribution in [3.63, 3.8) is 0 Å². The number of H-pyrrole nitrogens is 1. The van der Waals surface area contributed by atoms with E-state index in [-0.39, 0.29) is 22.7 Å². The van der Waals surface area contributed by atoms with Crippen LogP contribution in [-0.4, -0.2) is 52.1 Å². The third-order valence-corrected chi connectivity index (χ3v) is 5.31. The monoisotopic (exact) mass is 468 g/mol. The standard InChI is InChI=1S/C20H20ClF3N6O2/c1-10(11-6-12(20(22,23)24)8-13(25)7-11)26-17-16-14(28-19(21)29-17)9-15(27-16)18(31)30-2-4-32-5-3-30/h6-10,27H,2-5,25H2,1H3,(H,26,28,29)/t10-/m1/s1. The summed E-state index contributed by atoms with van der Waals surface area (Å²) in [6.07, 6.45) is -4.52. The normalized spacial score (nSPS) is 15.7. The van der Waals surface area contributed by atoms with Crippen LogP contribution in [0.15, 0.2) is 24.3 Å². The molecule has 1 amide bonds. The Labute approximate surface area is 185 Å². The van der Waals surface area contributed by atoms with Crippen molar-refractivity contribution in [2.45, 2.75) is 19.1 Å². The van der Waals surface area contributed by atoms with Crippen molar-refractivity contribution in [1.29, 1.82) is 0 Å². The van der Waals surface area contributed by atoms with E-state index >= 15 is 0 Å². The van der Waals surface area contributed by atoms with Gasteiger partial charge in [0, 0.05) is 18.8 Å². The van der Waals surface area contributed by atoms with Gasteiger partial charge in [0.1, 0.15) is 11.2 Å². The Morgan fingerprint density at radius 3 is 2.66 bits per heavy atom. The fraction of sp³-hybridized carbons (Fsp3) is 0.350. The average molecular weight is 469 g/mol. The molecule has 1 aliphatic heterocycles. The lowest BCUT2D eigenvalue weighted by atomic mass is 10.0. The largest absolute Gasteiger partial charge is 0.416 e. The molecule has 3 heterocycles. The molecule has 0 radical (unpaired) electrons. The predicted octanol–water partition coefficient (Wildman–Crippen LogP) is 3.86. The van der Waals surface area contributed by atoms with E-state index in [1.54, 1.807) is 17.9 Å². The van der Waals surface area contributed by atoms with Gasteiger partial charge in [0.05, 0.1) is 30.3 Å². The zero-order valence-electron chi connectivity index (χ0n) is 17.0. The third kappa shape index (κ3) is 4.58. The number of morpholine rings is 1. The van der Waals surface area contributed by atoms with Crippen LogP contribution in [-0.2, 0) is 10.9 Å². The molecule has 1 aliphatic rings. The van der Waals surface area contributed by atoms with E-state index in [0.29, 0.717) is 48.6 Å². The number of amides is 1. The Morgan fingerprint density at radius 1 is 1.25 bits per heavy atom. The fourth-order valence-corrected chi connectivity index (χ4v) is 3.70. The number of nitrogen functional groups attached to an aromatic ring is 1. The second-order valence-corrected chi connectivity index (χ2v) is 7.78. The Bertz CT molecular complexity index is 1160. The Kier molecular flexibility index (Phi) is 5.87. The number of nitrogens with zero attached hydrogens (tertiary/aromatic N) is 3. The maximum Gasteiger partial charge on any atom is 0.416 e. The summed E-state index contributed by atoms with van der Waals surface area (Å²) < 4.78 is 44.8. The minimum atomic E-state index is -4.52. The van der Waals surface area contributed by atoms with Crippen molar-refractivity contribution >= 4 is 40.0 Å². The van der Waals surface area contributed by atoms with Gasteiger partial charge in [-0.05, 0) is 48.4 Å². The maximum atomic E-state index is 13.2. The summed E-state index contributed by atoms with van der Waals surface area (Å²) in [7, 11) is 0. The number of carbonyl (C=O) groups is 1. The molecule has 2 aromatic heterocycles. The number of fused-ring (bicyclic) bond motifs is 1. The minimum Gasteiger partial charge on any atom is -0.399 e. The van der Waals surface area contributed by atoms with Gasteiger partial charge < -0.3 is 25.7 Å².